The van der Waals surface area contributed by atoms with Crippen molar-refractivity contribution < 1.29 is 33.5 Å². The molecule has 296 valence electrons. The minimum Gasteiger partial charge on any atom is -0.430 e. The summed E-state index contributed by atoms with van der Waals surface area (Å²) in [4.78, 5) is 77.8. The van der Waals surface area contributed by atoms with E-state index in [4.69, 9.17) is 4.74 Å². The molecule has 57 heavy (non-hydrogen) atoms. The number of ether oxygens (including phenoxy) is 1. The quantitative estimate of drug-likeness (QED) is 0.180. The first kappa shape index (κ1) is 42.3. The van der Waals surface area contributed by atoms with Gasteiger partial charge in [-0.3, -0.25) is 28.8 Å². The highest BCUT2D eigenvalue weighted by molar-refractivity contribution is 6.23. The van der Waals surface area contributed by atoms with E-state index in [1.54, 1.807) is 36.0 Å². The molecule has 2 aromatic rings. The van der Waals surface area contributed by atoms with Crippen molar-refractivity contribution >= 4 is 40.7 Å². The molecule has 9 nitrogen and oxygen atoms in total. The Morgan fingerprint density at radius 3 is 1.49 bits per heavy atom. The van der Waals surface area contributed by atoms with Gasteiger partial charge in [-0.25, -0.2) is 0 Å². The molecule has 1 unspecified atom stereocenters. The first-order valence-corrected chi connectivity index (χ1v) is 19.4. The van der Waals surface area contributed by atoms with Crippen molar-refractivity contribution in [2.45, 2.75) is 107 Å². The van der Waals surface area contributed by atoms with Crippen LogP contribution in [0.2, 0.25) is 0 Å². The van der Waals surface area contributed by atoms with Gasteiger partial charge >= 0.3 is 5.97 Å². The summed E-state index contributed by atoms with van der Waals surface area (Å²) in [6.45, 7) is 16.9. The van der Waals surface area contributed by atoms with Crippen molar-refractivity contribution in [2.24, 2.45) is 10.8 Å². The SMILES string of the molecule is CC#Cc1cc(C)c(C2=C(OC(C)=O)CC3(C=CN(C(C)=O)CC3)CC2=O)c(C)c1.CC#Cc1cc(C)c(C2C(=O)CC3(C=CN(C(C)=O)CC3)CC2=O)c(C)c1. The molecule has 9 heteroatoms. The number of ketones is 3. The van der Waals surface area contributed by atoms with E-state index in [-0.39, 0.29) is 29.2 Å². The zero-order valence-electron chi connectivity index (χ0n) is 34.6. The van der Waals surface area contributed by atoms with Crippen molar-refractivity contribution in [3.05, 3.63) is 99.1 Å². The monoisotopic (exact) mass is 768 g/mol. The van der Waals surface area contributed by atoms with E-state index in [1.165, 1.54) is 20.8 Å². The summed E-state index contributed by atoms with van der Waals surface area (Å²) in [7, 11) is 0. The summed E-state index contributed by atoms with van der Waals surface area (Å²) in [5.41, 5.74) is 6.81. The number of esters is 1. The number of carbonyl (C=O) groups excluding carboxylic acids is 6. The maximum absolute atomic E-state index is 13.4. The van der Waals surface area contributed by atoms with Crippen LogP contribution < -0.4 is 0 Å². The average molecular weight is 769 g/mol. The number of rotatable bonds is 3. The van der Waals surface area contributed by atoms with Crippen molar-refractivity contribution in [3.63, 3.8) is 0 Å². The first-order chi connectivity index (χ1) is 26.9. The van der Waals surface area contributed by atoms with Crippen LogP contribution in [0.3, 0.4) is 0 Å². The number of Topliss-reactive ketones (excluding diaryl/α,β-unsaturated/α-hetero) is 3. The van der Waals surface area contributed by atoms with Crippen molar-refractivity contribution in [1.82, 2.24) is 9.80 Å². The lowest BCUT2D eigenvalue weighted by Gasteiger charge is -2.40. The molecule has 2 spiro atoms. The minimum atomic E-state index is -0.682. The van der Waals surface area contributed by atoms with Crippen LogP contribution in [0.5, 0.6) is 0 Å². The molecule has 2 aromatic carbocycles. The second-order valence-corrected chi connectivity index (χ2v) is 15.9. The van der Waals surface area contributed by atoms with Crippen molar-refractivity contribution in [1.29, 1.82) is 0 Å². The van der Waals surface area contributed by atoms with Gasteiger partial charge in [0, 0.05) is 93.9 Å². The Labute approximate surface area is 336 Å². The minimum absolute atomic E-state index is 0.0195. The van der Waals surface area contributed by atoms with Gasteiger partial charge in [0.2, 0.25) is 11.8 Å². The summed E-state index contributed by atoms with van der Waals surface area (Å²) in [5, 5.41) is 0. The summed E-state index contributed by atoms with van der Waals surface area (Å²) >= 11 is 0. The molecule has 2 heterocycles. The molecular weight excluding hydrogens is 717 g/mol. The van der Waals surface area contributed by atoms with E-state index in [0.717, 1.165) is 44.5 Å². The Morgan fingerprint density at radius 2 is 1.11 bits per heavy atom. The fourth-order valence-corrected chi connectivity index (χ4v) is 8.87. The summed E-state index contributed by atoms with van der Waals surface area (Å²) in [6, 6.07) is 7.82. The van der Waals surface area contributed by atoms with E-state index in [1.807, 2.05) is 64.1 Å². The van der Waals surface area contributed by atoms with E-state index >= 15 is 0 Å². The number of hydrogen-bond donors (Lipinski definition) is 0. The molecule has 1 atom stereocenters. The van der Waals surface area contributed by atoms with E-state index in [9.17, 15) is 28.8 Å². The highest BCUT2D eigenvalue weighted by atomic mass is 16.5. The van der Waals surface area contributed by atoms with Crippen LogP contribution in [0, 0.1) is 62.2 Å². The Kier molecular flexibility index (Phi) is 12.7. The Morgan fingerprint density at radius 1 is 0.667 bits per heavy atom. The Bertz CT molecular complexity index is 2220. The third kappa shape index (κ3) is 9.26. The normalized spacial score (nSPS) is 22.7. The van der Waals surface area contributed by atoms with Crippen LogP contribution in [-0.2, 0) is 33.5 Å². The molecule has 1 saturated carbocycles. The van der Waals surface area contributed by atoms with E-state index < -0.39 is 22.7 Å². The molecule has 0 bridgehead atoms. The third-order valence-electron chi connectivity index (χ3n) is 11.5. The van der Waals surface area contributed by atoms with Gasteiger partial charge in [0.25, 0.3) is 0 Å². The van der Waals surface area contributed by atoms with Crippen molar-refractivity contribution in [3.8, 4) is 23.7 Å². The lowest BCUT2D eigenvalue weighted by atomic mass is 9.64. The molecule has 6 rings (SSSR count). The molecule has 0 radical (unpaired) electrons. The van der Waals surface area contributed by atoms with Gasteiger partial charge in [0.1, 0.15) is 23.2 Å². The molecule has 0 N–H and O–H groups in total. The van der Waals surface area contributed by atoms with Gasteiger partial charge in [-0.15, -0.1) is 11.8 Å². The van der Waals surface area contributed by atoms with Crippen LogP contribution in [0.1, 0.15) is 124 Å². The van der Waals surface area contributed by atoms with Crippen LogP contribution in [0.15, 0.2) is 54.6 Å². The summed E-state index contributed by atoms with van der Waals surface area (Å²) in [5.74, 6) is 11.0. The van der Waals surface area contributed by atoms with Crippen LogP contribution in [0.4, 0.5) is 0 Å². The molecule has 4 aliphatic rings. The highest BCUT2D eigenvalue weighted by Crippen LogP contribution is 2.48. The molecule has 0 aromatic heterocycles. The Balaban J connectivity index is 0.000000219. The van der Waals surface area contributed by atoms with Gasteiger partial charge in [-0.2, -0.15) is 0 Å². The molecule has 1 fully saturated rings. The molecule has 2 aliphatic heterocycles. The van der Waals surface area contributed by atoms with Crippen LogP contribution >= 0.6 is 0 Å². The topological polar surface area (TPSA) is 118 Å². The van der Waals surface area contributed by atoms with Crippen molar-refractivity contribution in [2.75, 3.05) is 13.1 Å². The average Bonchev–Trinajstić information content (AvgIpc) is 3.10. The highest BCUT2D eigenvalue weighted by Gasteiger charge is 2.46. The zero-order chi connectivity index (χ0) is 41.8. The maximum atomic E-state index is 13.4. The lowest BCUT2D eigenvalue weighted by Crippen LogP contribution is -2.43. The second kappa shape index (κ2) is 17.1. The predicted octanol–water partition coefficient (Wildman–Crippen LogP) is 7.51. The standard InChI is InChI=1S/C25H27NO4.C23H25NO3/c1-6-7-20-12-16(2)23(17(3)13-20)24-21(29)14-25(15-22(24)30-19(5)28)8-10-26(11-9-25)18(4)27;1-5-6-18-11-15(2)21(16(3)12-18)22-19(26)13-23(14-20(22)27)7-9-24(10-8-23)17(4)25/h8,10,12-13H,9,11,14-15H2,1-5H3;7,9,11-12,22H,8,10,13-14H2,1-4H3. The first-order valence-electron chi connectivity index (χ1n) is 19.4. The smallest absolute Gasteiger partial charge is 0.307 e. The van der Waals surface area contributed by atoms with Gasteiger partial charge in [-0.05, 0) is 112 Å². The van der Waals surface area contributed by atoms with Gasteiger partial charge in [-0.1, -0.05) is 24.0 Å². The van der Waals surface area contributed by atoms with Gasteiger partial charge < -0.3 is 14.5 Å². The van der Waals surface area contributed by atoms with Gasteiger partial charge in [0.15, 0.2) is 5.78 Å². The number of aryl methyl sites for hydroxylation is 4. The maximum Gasteiger partial charge on any atom is 0.307 e. The largest absolute Gasteiger partial charge is 0.430 e. The number of carbonyl (C=O) groups is 6. The fraction of sp³-hybridized carbons (Fsp3) is 0.417. The number of nitrogens with zero attached hydrogens (tertiary/aromatic N) is 2. The number of benzene rings is 2. The van der Waals surface area contributed by atoms with Crippen LogP contribution in [-0.4, -0.2) is 58.0 Å². The fourth-order valence-electron chi connectivity index (χ4n) is 8.87. The predicted molar refractivity (Wildman–Crippen MR) is 219 cm³/mol. The lowest BCUT2D eigenvalue weighted by molar-refractivity contribution is -0.138. The number of hydrogen-bond acceptors (Lipinski definition) is 7. The van der Waals surface area contributed by atoms with E-state index in [0.29, 0.717) is 62.9 Å². The summed E-state index contributed by atoms with van der Waals surface area (Å²) < 4.78 is 5.60. The van der Waals surface area contributed by atoms with Crippen LogP contribution in [0.25, 0.3) is 5.57 Å². The number of allylic oxidation sites excluding steroid dienone is 4. The second-order valence-electron chi connectivity index (χ2n) is 15.9. The Hall–Kier alpha value is -5.80. The molecule has 2 amide bonds. The molecule has 2 aliphatic carbocycles. The third-order valence-corrected chi connectivity index (χ3v) is 11.5. The summed E-state index contributed by atoms with van der Waals surface area (Å²) in [6.07, 6.45) is 10.1. The molecule has 0 saturated heterocycles. The molecular formula is C48H52N2O7. The number of amides is 2. The van der Waals surface area contributed by atoms with Gasteiger partial charge in [0.05, 0.1) is 5.57 Å². The van der Waals surface area contributed by atoms with E-state index in [2.05, 4.69) is 23.7 Å². The zero-order valence-corrected chi connectivity index (χ0v) is 34.6.